The van der Waals surface area contributed by atoms with Crippen LogP contribution >= 0.6 is 0 Å². The standard InChI is InChI=1S/C13H17N3O3/c1-3-5-11(12(17)18)16-13(19)15-9(2)10-6-4-7-14-8-10/h3-4,6-9,11H,1,5H2,2H3,(H,17,18)(H2,15,16,19). The Bertz CT molecular complexity index is 448. The highest BCUT2D eigenvalue weighted by atomic mass is 16.4. The minimum Gasteiger partial charge on any atom is -0.480 e. The van der Waals surface area contributed by atoms with Gasteiger partial charge in [0, 0.05) is 12.4 Å². The molecular formula is C13H17N3O3. The third-order valence-electron chi connectivity index (χ3n) is 2.54. The molecule has 1 aromatic heterocycles. The normalized spacial score (nSPS) is 13.1. The molecule has 19 heavy (non-hydrogen) atoms. The maximum atomic E-state index is 11.7. The number of urea groups is 1. The first-order valence-electron chi connectivity index (χ1n) is 5.85. The van der Waals surface area contributed by atoms with Crippen LogP contribution in [0, 0.1) is 0 Å². The summed E-state index contributed by atoms with van der Waals surface area (Å²) in [6.07, 6.45) is 4.90. The zero-order valence-corrected chi connectivity index (χ0v) is 10.7. The minimum atomic E-state index is -1.09. The fourth-order valence-corrected chi connectivity index (χ4v) is 1.50. The summed E-state index contributed by atoms with van der Waals surface area (Å²) in [6.45, 7) is 5.25. The highest BCUT2D eigenvalue weighted by Gasteiger charge is 2.19. The fraction of sp³-hybridized carbons (Fsp3) is 0.308. The molecule has 0 aliphatic heterocycles. The molecule has 2 unspecified atom stereocenters. The molecule has 102 valence electrons. The molecule has 1 rings (SSSR count). The van der Waals surface area contributed by atoms with Gasteiger partial charge in [-0.25, -0.2) is 9.59 Å². The van der Waals surface area contributed by atoms with Gasteiger partial charge >= 0.3 is 12.0 Å². The van der Waals surface area contributed by atoms with E-state index in [0.29, 0.717) is 0 Å². The lowest BCUT2D eigenvalue weighted by Gasteiger charge is -2.17. The van der Waals surface area contributed by atoms with Gasteiger partial charge < -0.3 is 15.7 Å². The number of carboxylic acids is 1. The van der Waals surface area contributed by atoms with E-state index in [1.54, 1.807) is 25.4 Å². The molecule has 6 heteroatoms. The summed E-state index contributed by atoms with van der Waals surface area (Å²) in [5.41, 5.74) is 0.841. The van der Waals surface area contributed by atoms with Crippen LogP contribution in [0.4, 0.5) is 4.79 Å². The SMILES string of the molecule is C=CCC(NC(=O)NC(C)c1cccnc1)C(=O)O. The smallest absolute Gasteiger partial charge is 0.326 e. The second-order valence-electron chi connectivity index (χ2n) is 4.04. The number of nitrogens with zero attached hydrogens (tertiary/aromatic N) is 1. The molecule has 2 amide bonds. The van der Waals surface area contributed by atoms with Crippen LogP contribution in [-0.2, 0) is 4.79 Å². The van der Waals surface area contributed by atoms with Crippen molar-refractivity contribution >= 4 is 12.0 Å². The lowest BCUT2D eigenvalue weighted by atomic mass is 10.1. The Labute approximate surface area is 111 Å². The molecular weight excluding hydrogens is 246 g/mol. The molecule has 0 fully saturated rings. The van der Waals surface area contributed by atoms with Gasteiger partial charge in [-0.3, -0.25) is 4.98 Å². The Kier molecular flexibility index (Phi) is 5.53. The average molecular weight is 263 g/mol. The third kappa shape index (κ3) is 4.79. The van der Waals surface area contributed by atoms with Crippen LogP contribution in [0.2, 0.25) is 0 Å². The molecule has 1 heterocycles. The molecule has 0 aromatic carbocycles. The molecule has 2 atom stereocenters. The topological polar surface area (TPSA) is 91.3 Å². The molecule has 3 N–H and O–H groups in total. The van der Waals surface area contributed by atoms with E-state index in [4.69, 9.17) is 5.11 Å². The van der Waals surface area contributed by atoms with Crippen molar-refractivity contribution in [2.24, 2.45) is 0 Å². The van der Waals surface area contributed by atoms with Crippen molar-refractivity contribution in [1.82, 2.24) is 15.6 Å². The zero-order valence-electron chi connectivity index (χ0n) is 10.7. The van der Waals surface area contributed by atoms with E-state index in [-0.39, 0.29) is 12.5 Å². The van der Waals surface area contributed by atoms with Gasteiger partial charge in [0.15, 0.2) is 0 Å². The number of hydrogen-bond acceptors (Lipinski definition) is 3. The number of hydrogen-bond donors (Lipinski definition) is 3. The van der Waals surface area contributed by atoms with Gasteiger partial charge in [0.05, 0.1) is 6.04 Å². The number of aliphatic carboxylic acids is 1. The van der Waals surface area contributed by atoms with E-state index >= 15 is 0 Å². The van der Waals surface area contributed by atoms with E-state index in [2.05, 4.69) is 22.2 Å². The maximum Gasteiger partial charge on any atom is 0.326 e. The summed E-state index contributed by atoms with van der Waals surface area (Å²) in [7, 11) is 0. The van der Waals surface area contributed by atoms with Gasteiger partial charge in [-0.15, -0.1) is 6.58 Å². The van der Waals surface area contributed by atoms with Crippen LogP contribution in [0.15, 0.2) is 37.2 Å². The summed E-state index contributed by atoms with van der Waals surface area (Å²) < 4.78 is 0. The summed E-state index contributed by atoms with van der Waals surface area (Å²) >= 11 is 0. The van der Waals surface area contributed by atoms with E-state index in [1.807, 2.05) is 6.07 Å². The van der Waals surface area contributed by atoms with Crippen LogP contribution in [0.1, 0.15) is 24.9 Å². The van der Waals surface area contributed by atoms with Crippen molar-refractivity contribution < 1.29 is 14.7 Å². The number of carboxylic acid groups (broad SMARTS) is 1. The number of carbonyl (C=O) groups is 2. The van der Waals surface area contributed by atoms with Crippen molar-refractivity contribution in [3.05, 3.63) is 42.7 Å². The van der Waals surface area contributed by atoms with Crippen LogP contribution < -0.4 is 10.6 Å². The predicted molar refractivity (Wildman–Crippen MR) is 70.6 cm³/mol. The van der Waals surface area contributed by atoms with E-state index in [9.17, 15) is 9.59 Å². The van der Waals surface area contributed by atoms with E-state index < -0.39 is 18.0 Å². The quantitative estimate of drug-likeness (QED) is 0.678. The van der Waals surface area contributed by atoms with Crippen LogP contribution in [0.25, 0.3) is 0 Å². The van der Waals surface area contributed by atoms with Gasteiger partial charge in [0.1, 0.15) is 6.04 Å². The molecule has 0 radical (unpaired) electrons. The number of carbonyl (C=O) groups excluding carboxylic acids is 1. The first kappa shape index (κ1) is 14.7. The molecule has 0 saturated carbocycles. The Morgan fingerprint density at radius 1 is 1.53 bits per heavy atom. The Morgan fingerprint density at radius 3 is 2.79 bits per heavy atom. The Balaban J connectivity index is 2.55. The summed E-state index contributed by atoms with van der Waals surface area (Å²) in [6, 6.07) is 1.83. The maximum absolute atomic E-state index is 11.7. The fourth-order valence-electron chi connectivity index (χ4n) is 1.50. The summed E-state index contributed by atoms with van der Waals surface area (Å²) in [4.78, 5) is 26.5. The molecule has 1 aromatic rings. The molecule has 6 nitrogen and oxygen atoms in total. The second-order valence-corrected chi connectivity index (χ2v) is 4.04. The minimum absolute atomic E-state index is 0.171. The largest absolute Gasteiger partial charge is 0.480 e. The first-order valence-corrected chi connectivity index (χ1v) is 5.85. The van der Waals surface area contributed by atoms with Crippen LogP contribution in [0.5, 0.6) is 0 Å². The lowest BCUT2D eigenvalue weighted by molar-refractivity contribution is -0.139. The number of pyridine rings is 1. The molecule has 0 bridgehead atoms. The monoisotopic (exact) mass is 263 g/mol. The van der Waals surface area contributed by atoms with Gasteiger partial charge in [0.2, 0.25) is 0 Å². The Hall–Kier alpha value is -2.37. The average Bonchev–Trinajstić information content (AvgIpc) is 2.39. The number of amides is 2. The first-order chi connectivity index (χ1) is 9.04. The molecule has 0 spiro atoms. The summed E-state index contributed by atoms with van der Waals surface area (Å²) in [5, 5.41) is 13.9. The van der Waals surface area contributed by atoms with Crippen LogP contribution in [0.3, 0.4) is 0 Å². The van der Waals surface area contributed by atoms with Crippen molar-refractivity contribution in [3.63, 3.8) is 0 Å². The van der Waals surface area contributed by atoms with Crippen molar-refractivity contribution in [1.29, 1.82) is 0 Å². The highest BCUT2D eigenvalue weighted by Crippen LogP contribution is 2.09. The van der Waals surface area contributed by atoms with Crippen molar-refractivity contribution in [2.45, 2.75) is 25.4 Å². The Morgan fingerprint density at radius 2 is 2.26 bits per heavy atom. The number of rotatable bonds is 6. The molecule has 0 aliphatic carbocycles. The highest BCUT2D eigenvalue weighted by molar-refractivity contribution is 5.82. The molecule has 0 saturated heterocycles. The summed E-state index contributed by atoms with van der Waals surface area (Å²) in [5.74, 6) is -1.09. The number of aromatic nitrogens is 1. The lowest BCUT2D eigenvalue weighted by Crippen LogP contribution is -2.46. The zero-order chi connectivity index (χ0) is 14.3. The predicted octanol–water partition coefficient (Wildman–Crippen LogP) is 1.47. The van der Waals surface area contributed by atoms with Crippen molar-refractivity contribution in [2.75, 3.05) is 0 Å². The second kappa shape index (κ2) is 7.15. The van der Waals surface area contributed by atoms with Gasteiger partial charge in [-0.1, -0.05) is 12.1 Å². The van der Waals surface area contributed by atoms with E-state index in [0.717, 1.165) is 5.56 Å². The van der Waals surface area contributed by atoms with Gasteiger partial charge in [-0.05, 0) is 25.0 Å². The van der Waals surface area contributed by atoms with Crippen LogP contribution in [-0.4, -0.2) is 28.1 Å². The third-order valence-corrected chi connectivity index (χ3v) is 2.54. The van der Waals surface area contributed by atoms with Gasteiger partial charge in [0.25, 0.3) is 0 Å². The van der Waals surface area contributed by atoms with Gasteiger partial charge in [-0.2, -0.15) is 0 Å². The van der Waals surface area contributed by atoms with E-state index in [1.165, 1.54) is 6.08 Å². The molecule has 0 aliphatic rings. The van der Waals surface area contributed by atoms with Crippen molar-refractivity contribution in [3.8, 4) is 0 Å². The number of nitrogens with one attached hydrogen (secondary N) is 2.